The van der Waals surface area contributed by atoms with Crippen LogP contribution in [0.4, 0.5) is 0 Å². The van der Waals surface area contributed by atoms with Crippen molar-refractivity contribution in [1.82, 2.24) is 14.4 Å². The van der Waals surface area contributed by atoms with E-state index in [1.165, 1.54) is 16.8 Å². The molecule has 1 aliphatic heterocycles. The largest absolute Gasteiger partial charge is 0.353 e. The first kappa shape index (κ1) is 22.3. The highest BCUT2D eigenvalue weighted by Crippen LogP contribution is 2.35. The summed E-state index contributed by atoms with van der Waals surface area (Å²) in [6.07, 6.45) is 2.11. The van der Waals surface area contributed by atoms with Crippen LogP contribution in [0.3, 0.4) is 0 Å². The molecule has 0 spiro atoms. The molecule has 1 aliphatic rings. The number of aromatic nitrogens is 1. The second kappa shape index (κ2) is 9.74. The third-order valence-electron chi connectivity index (χ3n) is 6.80. The van der Waals surface area contributed by atoms with Gasteiger partial charge in [0.1, 0.15) is 0 Å². The molecule has 4 rings (SSSR count). The maximum absolute atomic E-state index is 13.4. The first-order valence-electron chi connectivity index (χ1n) is 11.7. The molecule has 1 saturated heterocycles. The van der Waals surface area contributed by atoms with Crippen LogP contribution in [-0.4, -0.2) is 46.0 Å². The Labute approximate surface area is 192 Å². The fourth-order valence-electron chi connectivity index (χ4n) is 4.88. The Hall–Kier alpha value is -2.85. The van der Waals surface area contributed by atoms with Gasteiger partial charge in [0.2, 0.25) is 0 Å². The average Bonchev–Trinajstić information content (AvgIpc) is 3.38. The van der Waals surface area contributed by atoms with E-state index in [0.717, 1.165) is 31.7 Å². The number of rotatable bonds is 7. The summed E-state index contributed by atoms with van der Waals surface area (Å²) in [4.78, 5) is 18.0. The SMILES string of the molecule is Cc1ccc([C@@H]2CN(Cc3cccn3C)C[C@@H]2CN(C(=O)c2ccccc2)C(C)C)cc1. The molecule has 0 bridgehead atoms. The molecule has 0 aliphatic carbocycles. The Morgan fingerprint density at radius 2 is 1.72 bits per heavy atom. The van der Waals surface area contributed by atoms with Gasteiger partial charge in [-0.3, -0.25) is 9.69 Å². The molecule has 168 valence electrons. The number of nitrogens with zero attached hydrogens (tertiary/aromatic N) is 3. The number of aryl methyl sites for hydroxylation is 2. The molecule has 4 nitrogen and oxygen atoms in total. The lowest BCUT2D eigenvalue weighted by molar-refractivity contribution is 0.0668. The van der Waals surface area contributed by atoms with Crippen molar-refractivity contribution in [2.24, 2.45) is 13.0 Å². The predicted octanol–water partition coefficient (Wildman–Crippen LogP) is 5.10. The lowest BCUT2D eigenvalue weighted by Crippen LogP contribution is -2.42. The Bertz CT molecular complexity index is 1020. The summed E-state index contributed by atoms with van der Waals surface area (Å²) in [6, 6.07) is 23.1. The highest BCUT2D eigenvalue weighted by Gasteiger charge is 2.36. The third-order valence-corrected chi connectivity index (χ3v) is 6.80. The van der Waals surface area contributed by atoms with Crippen molar-refractivity contribution in [3.8, 4) is 0 Å². The molecule has 2 atom stereocenters. The minimum Gasteiger partial charge on any atom is -0.353 e. The van der Waals surface area contributed by atoms with Crippen LogP contribution in [0.5, 0.6) is 0 Å². The van der Waals surface area contributed by atoms with Gasteiger partial charge >= 0.3 is 0 Å². The summed E-state index contributed by atoms with van der Waals surface area (Å²) in [5.74, 6) is 0.942. The van der Waals surface area contributed by atoms with Crippen LogP contribution in [0.2, 0.25) is 0 Å². The van der Waals surface area contributed by atoms with Crippen LogP contribution in [-0.2, 0) is 13.6 Å². The van der Waals surface area contributed by atoms with Crippen LogP contribution < -0.4 is 0 Å². The predicted molar refractivity (Wildman–Crippen MR) is 131 cm³/mol. The molecule has 4 heteroatoms. The van der Waals surface area contributed by atoms with Gasteiger partial charge in [-0.15, -0.1) is 0 Å². The zero-order valence-corrected chi connectivity index (χ0v) is 19.7. The zero-order valence-electron chi connectivity index (χ0n) is 19.7. The number of likely N-dealkylation sites (tertiary alicyclic amines) is 1. The Balaban J connectivity index is 1.58. The maximum atomic E-state index is 13.4. The molecule has 2 heterocycles. The van der Waals surface area contributed by atoms with Crippen molar-refractivity contribution in [2.75, 3.05) is 19.6 Å². The number of hydrogen-bond donors (Lipinski definition) is 0. The van der Waals surface area contributed by atoms with E-state index in [1.54, 1.807) is 0 Å². The highest BCUT2D eigenvalue weighted by molar-refractivity contribution is 5.94. The normalized spacial score (nSPS) is 18.9. The smallest absolute Gasteiger partial charge is 0.254 e. The summed E-state index contributed by atoms with van der Waals surface area (Å²) >= 11 is 0. The van der Waals surface area contributed by atoms with Crippen LogP contribution >= 0.6 is 0 Å². The van der Waals surface area contributed by atoms with E-state index >= 15 is 0 Å². The van der Waals surface area contributed by atoms with Gasteiger partial charge < -0.3 is 9.47 Å². The van der Waals surface area contributed by atoms with Gasteiger partial charge in [-0.05, 0) is 56.5 Å². The minimum absolute atomic E-state index is 0.129. The summed E-state index contributed by atoms with van der Waals surface area (Å²) in [5.41, 5.74) is 4.76. The van der Waals surface area contributed by atoms with Crippen LogP contribution in [0, 0.1) is 12.8 Å². The highest BCUT2D eigenvalue weighted by atomic mass is 16.2. The zero-order chi connectivity index (χ0) is 22.7. The van der Waals surface area contributed by atoms with E-state index in [9.17, 15) is 4.79 Å². The Morgan fingerprint density at radius 1 is 1.00 bits per heavy atom. The van der Waals surface area contributed by atoms with Gasteiger partial charge in [-0.2, -0.15) is 0 Å². The first-order valence-corrected chi connectivity index (χ1v) is 11.7. The molecule has 1 aromatic heterocycles. The quantitative estimate of drug-likeness (QED) is 0.523. The fourth-order valence-corrected chi connectivity index (χ4v) is 4.88. The summed E-state index contributed by atoms with van der Waals surface area (Å²) in [6.45, 7) is 10.1. The number of carbonyl (C=O) groups excluding carboxylic acids is 1. The molecule has 0 N–H and O–H groups in total. The standard InChI is InChI=1S/C28H35N3O/c1-21(2)31(28(32)24-9-6-5-7-10-24)18-25-17-30(19-26-11-8-16-29(26)4)20-27(25)23-14-12-22(3)13-15-23/h5-16,21,25,27H,17-20H2,1-4H3/t25-,27+/m1/s1. The number of amides is 1. The van der Waals surface area contributed by atoms with Gasteiger partial charge in [-0.1, -0.05) is 48.0 Å². The molecule has 2 aromatic carbocycles. The van der Waals surface area contributed by atoms with Gasteiger partial charge in [0.05, 0.1) is 0 Å². The van der Waals surface area contributed by atoms with Crippen molar-refractivity contribution in [1.29, 1.82) is 0 Å². The van der Waals surface area contributed by atoms with Gasteiger partial charge in [0.25, 0.3) is 5.91 Å². The van der Waals surface area contributed by atoms with Crippen molar-refractivity contribution >= 4 is 5.91 Å². The van der Waals surface area contributed by atoms with Gasteiger partial charge in [0.15, 0.2) is 0 Å². The van der Waals surface area contributed by atoms with E-state index < -0.39 is 0 Å². The van der Waals surface area contributed by atoms with Crippen molar-refractivity contribution < 1.29 is 4.79 Å². The molecule has 0 saturated carbocycles. The van der Waals surface area contributed by atoms with E-state index in [1.807, 2.05) is 30.3 Å². The monoisotopic (exact) mass is 429 g/mol. The van der Waals surface area contributed by atoms with Gasteiger partial charge in [0, 0.05) is 62.6 Å². The van der Waals surface area contributed by atoms with E-state index in [2.05, 4.69) is 84.8 Å². The first-order chi connectivity index (χ1) is 15.4. The molecule has 0 radical (unpaired) electrons. The molecule has 1 amide bonds. The minimum atomic E-state index is 0.129. The lowest BCUT2D eigenvalue weighted by atomic mass is 9.88. The molecular weight excluding hydrogens is 394 g/mol. The number of carbonyl (C=O) groups is 1. The fraction of sp³-hybridized carbons (Fsp3) is 0.393. The second-order valence-electron chi connectivity index (χ2n) is 9.50. The van der Waals surface area contributed by atoms with Crippen molar-refractivity contribution in [3.63, 3.8) is 0 Å². The summed E-state index contributed by atoms with van der Waals surface area (Å²) in [7, 11) is 2.11. The van der Waals surface area contributed by atoms with E-state index in [4.69, 9.17) is 0 Å². The molecule has 1 fully saturated rings. The lowest BCUT2D eigenvalue weighted by Gasteiger charge is -2.32. The van der Waals surface area contributed by atoms with Crippen LogP contribution in [0.25, 0.3) is 0 Å². The topological polar surface area (TPSA) is 28.5 Å². The number of hydrogen-bond acceptors (Lipinski definition) is 2. The average molecular weight is 430 g/mol. The van der Waals surface area contributed by atoms with Crippen molar-refractivity contribution in [3.05, 3.63) is 95.3 Å². The van der Waals surface area contributed by atoms with Gasteiger partial charge in [-0.25, -0.2) is 0 Å². The molecule has 0 unspecified atom stereocenters. The van der Waals surface area contributed by atoms with Crippen LogP contribution in [0.15, 0.2) is 72.9 Å². The molecule has 3 aromatic rings. The summed E-state index contributed by atoms with van der Waals surface area (Å²) < 4.78 is 2.20. The molecule has 32 heavy (non-hydrogen) atoms. The Morgan fingerprint density at radius 3 is 2.34 bits per heavy atom. The Kier molecular flexibility index (Phi) is 6.80. The second-order valence-corrected chi connectivity index (χ2v) is 9.50. The van der Waals surface area contributed by atoms with Crippen molar-refractivity contribution in [2.45, 2.75) is 39.3 Å². The van der Waals surface area contributed by atoms with E-state index in [0.29, 0.717) is 11.8 Å². The van der Waals surface area contributed by atoms with E-state index in [-0.39, 0.29) is 11.9 Å². The maximum Gasteiger partial charge on any atom is 0.254 e. The van der Waals surface area contributed by atoms with Crippen LogP contribution in [0.1, 0.15) is 46.9 Å². The molecular formula is C28H35N3O. The third kappa shape index (κ3) is 4.97. The number of benzene rings is 2. The summed E-state index contributed by atoms with van der Waals surface area (Å²) in [5, 5.41) is 0.